The van der Waals surface area contributed by atoms with Crippen LogP contribution in [0.15, 0.2) is 0 Å². The highest BCUT2D eigenvalue weighted by atomic mass is 15.2. The quantitative estimate of drug-likeness (QED) is 0.795. The zero-order valence-electron chi connectivity index (χ0n) is 14.3. The van der Waals surface area contributed by atoms with Crippen LogP contribution in [0.5, 0.6) is 0 Å². The second kappa shape index (κ2) is 6.36. The van der Waals surface area contributed by atoms with Crippen molar-refractivity contribution in [2.45, 2.75) is 78.2 Å². The molecule has 2 heteroatoms. The minimum atomic E-state index is 0.320. The first kappa shape index (κ1) is 16.3. The fraction of sp³-hybridized carbons (Fsp3) is 1.00. The number of nitrogens with two attached hydrogens (primary N) is 1. The van der Waals surface area contributed by atoms with Gasteiger partial charge in [0.15, 0.2) is 0 Å². The van der Waals surface area contributed by atoms with Crippen molar-refractivity contribution in [3.8, 4) is 0 Å². The summed E-state index contributed by atoms with van der Waals surface area (Å²) in [4.78, 5) is 2.78. The Morgan fingerprint density at radius 1 is 1.10 bits per heavy atom. The Morgan fingerprint density at radius 3 is 2.10 bits per heavy atom. The molecule has 0 unspecified atom stereocenters. The molecule has 0 aromatic rings. The van der Waals surface area contributed by atoms with Crippen molar-refractivity contribution in [1.82, 2.24) is 4.90 Å². The fourth-order valence-corrected chi connectivity index (χ4v) is 4.07. The summed E-state index contributed by atoms with van der Waals surface area (Å²) in [6, 6.07) is 0. The lowest BCUT2D eigenvalue weighted by Gasteiger charge is -2.50. The minimum Gasteiger partial charge on any atom is -0.329 e. The van der Waals surface area contributed by atoms with Gasteiger partial charge in [-0.2, -0.15) is 0 Å². The number of hydrogen-bond acceptors (Lipinski definition) is 2. The van der Waals surface area contributed by atoms with Crippen LogP contribution < -0.4 is 5.73 Å². The molecular formula is C18H36N2. The second-order valence-electron chi connectivity index (χ2n) is 8.46. The van der Waals surface area contributed by atoms with Crippen LogP contribution in [0.4, 0.5) is 0 Å². The van der Waals surface area contributed by atoms with E-state index in [4.69, 9.17) is 5.73 Å². The molecule has 20 heavy (non-hydrogen) atoms. The highest BCUT2D eigenvalue weighted by molar-refractivity contribution is 4.98. The Morgan fingerprint density at radius 2 is 1.70 bits per heavy atom. The van der Waals surface area contributed by atoms with Crippen molar-refractivity contribution in [2.24, 2.45) is 23.0 Å². The summed E-state index contributed by atoms with van der Waals surface area (Å²) < 4.78 is 0. The van der Waals surface area contributed by atoms with Crippen LogP contribution >= 0.6 is 0 Å². The van der Waals surface area contributed by atoms with Gasteiger partial charge in [-0.05, 0) is 68.7 Å². The smallest absolute Gasteiger partial charge is 0.0332 e. The van der Waals surface area contributed by atoms with E-state index in [2.05, 4.69) is 32.6 Å². The molecule has 2 aliphatic rings. The maximum absolute atomic E-state index is 6.28. The maximum atomic E-state index is 6.28. The van der Waals surface area contributed by atoms with Crippen LogP contribution in [-0.4, -0.2) is 30.1 Å². The van der Waals surface area contributed by atoms with Crippen molar-refractivity contribution in [3.05, 3.63) is 0 Å². The van der Waals surface area contributed by atoms with E-state index >= 15 is 0 Å². The average molecular weight is 280 g/mol. The van der Waals surface area contributed by atoms with Crippen LogP contribution in [0, 0.1) is 17.3 Å². The first-order chi connectivity index (χ1) is 9.41. The fourth-order valence-electron chi connectivity index (χ4n) is 4.07. The van der Waals surface area contributed by atoms with Gasteiger partial charge in [-0.3, -0.25) is 4.90 Å². The molecule has 2 saturated carbocycles. The van der Waals surface area contributed by atoms with Crippen molar-refractivity contribution in [1.29, 1.82) is 0 Å². The molecule has 2 fully saturated rings. The van der Waals surface area contributed by atoms with E-state index in [1.54, 1.807) is 0 Å². The average Bonchev–Trinajstić information content (AvgIpc) is 3.21. The van der Waals surface area contributed by atoms with Gasteiger partial charge in [0, 0.05) is 18.6 Å². The van der Waals surface area contributed by atoms with Crippen LogP contribution in [-0.2, 0) is 0 Å². The first-order valence-corrected chi connectivity index (χ1v) is 8.86. The van der Waals surface area contributed by atoms with E-state index in [0.717, 1.165) is 18.4 Å². The SMILES string of the molecule is CCCN(CC1CC1)C1(CN)CCC(C(C)(C)C)CC1. The highest BCUT2D eigenvalue weighted by Gasteiger charge is 2.42. The number of hydrogen-bond donors (Lipinski definition) is 1. The van der Waals surface area contributed by atoms with Gasteiger partial charge in [-0.1, -0.05) is 27.7 Å². The van der Waals surface area contributed by atoms with E-state index in [0.29, 0.717) is 11.0 Å². The molecule has 0 aromatic carbocycles. The van der Waals surface area contributed by atoms with Gasteiger partial charge in [0.2, 0.25) is 0 Å². The summed E-state index contributed by atoms with van der Waals surface area (Å²) in [7, 11) is 0. The van der Waals surface area contributed by atoms with Gasteiger partial charge in [-0.15, -0.1) is 0 Å². The molecule has 2 N–H and O–H groups in total. The normalized spacial score (nSPS) is 31.8. The number of rotatable bonds is 6. The molecule has 118 valence electrons. The standard InChI is InChI=1S/C18H36N2/c1-5-12-20(13-15-6-7-15)18(14-19)10-8-16(9-11-18)17(2,3)4/h15-16H,5-14,19H2,1-4H3. The van der Waals surface area contributed by atoms with Gasteiger partial charge in [0.05, 0.1) is 0 Å². The van der Waals surface area contributed by atoms with E-state index in [9.17, 15) is 0 Å². The van der Waals surface area contributed by atoms with Gasteiger partial charge in [0.1, 0.15) is 0 Å². The Kier molecular flexibility index (Phi) is 5.18. The summed E-state index contributed by atoms with van der Waals surface area (Å²) in [5.74, 6) is 1.86. The molecule has 2 nitrogen and oxygen atoms in total. The Bertz CT molecular complexity index is 293. The topological polar surface area (TPSA) is 29.3 Å². The molecule has 0 atom stereocenters. The van der Waals surface area contributed by atoms with E-state index in [1.165, 1.54) is 58.0 Å². The van der Waals surface area contributed by atoms with Crippen LogP contribution in [0.1, 0.15) is 72.6 Å². The van der Waals surface area contributed by atoms with Crippen LogP contribution in [0.2, 0.25) is 0 Å². The lowest BCUT2D eigenvalue weighted by Crippen LogP contribution is -2.57. The third-order valence-electron chi connectivity index (χ3n) is 5.86. The molecule has 0 radical (unpaired) electrons. The first-order valence-electron chi connectivity index (χ1n) is 8.86. The van der Waals surface area contributed by atoms with Crippen molar-refractivity contribution in [3.63, 3.8) is 0 Å². The van der Waals surface area contributed by atoms with E-state index < -0.39 is 0 Å². The summed E-state index contributed by atoms with van der Waals surface area (Å²) in [6.45, 7) is 12.9. The van der Waals surface area contributed by atoms with Gasteiger partial charge in [0.25, 0.3) is 0 Å². The zero-order valence-corrected chi connectivity index (χ0v) is 14.3. The summed E-state index contributed by atoms with van der Waals surface area (Å²) in [5.41, 5.74) is 7.06. The van der Waals surface area contributed by atoms with Crippen LogP contribution in [0.25, 0.3) is 0 Å². The Balaban J connectivity index is 2.01. The molecular weight excluding hydrogens is 244 g/mol. The van der Waals surface area contributed by atoms with Gasteiger partial charge in [-0.25, -0.2) is 0 Å². The van der Waals surface area contributed by atoms with E-state index in [1.807, 2.05) is 0 Å². The van der Waals surface area contributed by atoms with Gasteiger partial charge >= 0.3 is 0 Å². The predicted octanol–water partition coefficient (Wildman–Crippen LogP) is 4.04. The molecule has 0 bridgehead atoms. The van der Waals surface area contributed by atoms with Crippen LogP contribution in [0.3, 0.4) is 0 Å². The van der Waals surface area contributed by atoms with E-state index in [-0.39, 0.29) is 0 Å². The van der Waals surface area contributed by atoms with Crippen molar-refractivity contribution < 1.29 is 0 Å². The minimum absolute atomic E-state index is 0.320. The number of nitrogens with zero attached hydrogens (tertiary/aromatic N) is 1. The summed E-state index contributed by atoms with van der Waals surface area (Å²) in [5, 5.41) is 0. The van der Waals surface area contributed by atoms with Crippen molar-refractivity contribution in [2.75, 3.05) is 19.6 Å². The monoisotopic (exact) mass is 280 g/mol. The third kappa shape index (κ3) is 3.76. The molecule has 0 aromatic heterocycles. The third-order valence-corrected chi connectivity index (χ3v) is 5.86. The Labute approximate surface area is 126 Å². The second-order valence-corrected chi connectivity index (χ2v) is 8.46. The molecule has 0 aliphatic heterocycles. The zero-order chi connectivity index (χ0) is 14.8. The molecule has 0 spiro atoms. The maximum Gasteiger partial charge on any atom is 0.0332 e. The lowest BCUT2D eigenvalue weighted by atomic mass is 9.66. The highest BCUT2D eigenvalue weighted by Crippen LogP contribution is 2.44. The molecule has 2 rings (SSSR count). The lowest BCUT2D eigenvalue weighted by molar-refractivity contribution is 0.0179. The molecule has 0 heterocycles. The van der Waals surface area contributed by atoms with Crippen molar-refractivity contribution >= 4 is 0 Å². The Hall–Kier alpha value is -0.0800. The predicted molar refractivity (Wildman–Crippen MR) is 87.8 cm³/mol. The van der Waals surface area contributed by atoms with Gasteiger partial charge < -0.3 is 5.73 Å². The molecule has 0 saturated heterocycles. The molecule has 0 amide bonds. The summed E-state index contributed by atoms with van der Waals surface area (Å²) in [6.07, 6.45) is 9.53. The largest absolute Gasteiger partial charge is 0.329 e. The summed E-state index contributed by atoms with van der Waals surface area (Å²) >= 11 is 0. The molecule has 2 aliphatic carbocycles.